The summed E-state index contributed by atoms with van der Waals surface area (Å²) in [5.74, 6) is -0.131. The third-order valence-electron chi connectivity index (χ3n) is 1.29. The Morgan fingerprint density at radius 1 is 1.58 bits per heavy atom. The summed E-state index contributed by atoms with van der Waals surface area (Å²) >= 11 is 0. The minimum absolute atomic E-state index is 0.00727. The number of nitrogens with zero attached hydrogens (tertiary/aromatic N) is 1. The summed E-state index contributed by atoms with van der Waals surface area (Å²) in [4.78, 5) is 0. The van der Waals surface area contributed by atoms with Crippen LogP contribution in [-0.4, -0.2) is 37.9 Å². The van der Waals surface area contributed by atoms with Crippen molar-refractivity contribution in [3.05, 3.63) is 0 Å². The molecule has 0 spiro atoms. The summed E-state index contributed by atoms with van der Waals surface area (Å²) in [6.07, 6.45) is 1.84. The van der Waals surface area contributed by atoms with Crippen molar-refractivity contribution in [2.45, 2.75) is 13.3 Å². The minimum atomic E-state index is -3.21. The highest BCUT2D eigenvalue weighted by Crippen LogP contribution is 1.97. The second-order valence-corrected chi connectivity index (χ2v) is 4.60. The molecule has 0 atom stereocenters. The van der Waals surface area contributed by atoms with Crippen molar-refractivity contribution in [1.29, 1.82) is 5.41 Å². The molecule has 0 saturated heterocycles. The Morgan fingerprint density at radius 2 is 2.08 bits per heavy atom. The van der Waals surface area contributed by atoms with E-state index in [4.69, 9.17) is 11.1 Å². The van der Waals surface area contributed by atoms with E-state index in [0.717, 1.165) is 12.7 Å². The molecule has 0 fully saturated rings. The zero-order valence-electron chi connectivity index (χ0n) is 7.37. The maximum Gasteiger partial charge on any atom is 0.211 e. The highest BCUT2D eigenvalue weighted by Gasteiger charge is 2.15. The average molecular weight is 193 g/mol. The SMILES string of the molecule is CCCN(CC(=N)N)S(C)(=O)=O. The molecule has 0 aliphatic rings. The molecule has 72 valence electrons. The summed E-state index contributed by atoms with van der Waals surface area (Å²) in [5.41, 5.74) is 5.10. The summed E-state index contributed by atoms with van der Waals surface area (Å²) < 4.78 is 23.3. The van der Waals surface area contributed by atoms with Gasteiger partial charge in [0, 0.05) is 6.54 Å². The molecule has 0 aromatic rings. The molecule has 0 amide bonds. The van der Waals surface area contributed by atoms with Crippen LogP contribution in [0.5, 0.6) is 0 Å². The molecular weight excluding hydrogens is 178 g/mol. The summed E-state index contributed by atoms with van der Waals surface area (Å²) in [6, 6.07) is 0. The first kappa shape index (κ1) is 11.4. The second-order valence-electron chi connectivity index (χ2n) is 2.62. The average Bonchev–Trinajstić information content (AvgIpc) is 1.83. The van der Waals surface area contributed by atoms with Crippen molar-refractivity contribution in [1.82, 2.24) is 4.31 Å². The second kappa shape index (κ2) is 4.42. The smallest absolute Gasteiger partial charge is 0.211 e. The number of hydrogen-bond acceptors (Lipinski definition) is 3. The molecule has 6 heteroatoms. The van der Waals surface area contributed by atoms with Crippen LogP contribution in [0.4, 0.5) is 0 Å². The Hall–Kier alpha value is -0.620. The van der Waals surface area contributed by atoms with E-state index in [1.54, 1.807) is 0 Å². The van der Waals surface area contributed by atoms with E-state index in [-0.39, 0.29) is 12.4 Å². The Balaban J connectivity index is 4.34. The standard InChI is InChI=1S/C6H15N3O2S/c1-3-4-9(5-6(7)8)12(2,10)11/h3-5H2,1-2H3,(H3,7,8). The van der Waals surface area contributed by atoms with Crippen LogP contribution in [0.2, 0.25) is 0 Å². The third-order valence-corrected chi connectivity index (χ3v) is 2.54. The number of amidine groups is 1. The van der Waals surface area contributed by atoms with Crippen LogP contribution in [0.1, 0.15) is 13.3 Å². The number of hydrogen-bond donors (Lipinski definition) is 2. The van der Waals surface area contributed by atoms with E-state index >= 15 is 0 Å². The van der Waals surface area contributed by atoms with Gasteiger partial charge in [0.2, 0.25) is 10.0 Å². The summed E-state index contributed by atoms with van der Waals surface area (Å²) in [6.45, 7) is 2.28. The molecule has 12 heavy (non-hydrogen) atoms. The van der Waals surface area contributed by atoms with Gasteiger partial charge in [-0.05, 0) is 6.42 Å². The van der Waals surface area contributed by atoms with Crippen molar-refractivity contribution >= 4 is 15.9 Å². The van der Waals surface area contributed by atoms with Gasteiger partial charge in [-0.15, -0.1) is 0 Å². The highest BCUT2D eigenvalue weighted by molar-refractivity contribution is 7.88. The van der Waals surface area contributed by atoms with Crippen molar-refractivity contribution < 1.29 is 8.42 Å². The van der Waals surface area contributed by atoms with Crippen LogP contribution in [0.15, 0.2) is 0 Å². The van der Waals surface area contributed by atoms with E-state index < -0.39 is 10.0 Å². The molecule has 0 unspecified atom stereocenters. The van der Waals surface area contributed by atoms with Crippen LogP contribution in [-0.2, 0) is 10.0 Å². The van der Waals surface area contributed by atoms with Gasteiger partial charge in [0.1, 0.15) is 5.84 Å². The molecule has 0 radical (unpaired) electrons. The molecule has 0 aromatic heterocycles. The lowest BCUT2D eigenvalue weighted by Gasteiger charge is -2.17. The third kappa shape index (κ3) is 4.30. The van der Waals surface area contributed by atoms with Gasteiger partial charge in [0.05, 0.1) is 12.8 Å². The van der Waals surface area contributed by atoms with E-state index in [2.05, 4.69) is 0 Å². The van der Waals surface area contributed by atoms with Crippen molar-refractivity contribution in [2.75, 3.05) is 19.3 Å². The monoisotopic (exact) mass is 193 g/mol. The largest absolute Gasteiger partial charge is 0.387 e. The van der Waals surface area contributed by atoms with E-state index in [1.807, 2.05) is 6.92 Å². The molecule has 0 rings (SSSR count). The zero-order chi connectivity index (χ0) is 9.78. The Kier molecular flexibility index (Phi) is 4.19. The topological polar surface area (TPSA) is 87.2 Å². The fourth-order valence-electron chi connectivity index (χ4n) is 0.802. The first-order valence-corrected chi connectivity index (χ1v) is 5.50. The van der Waals surface area contributed by atoms with Gasteiger partial charge < -0.3 is 5.73 Å². The van der Waals surface area contributed by atoms with Gasteiger partial charge in [-0.25, -0.2) is 8.42 Å². The van der Waals surface area contributed by atoms with Gasteiger partial charge in [0.25, 0.3) is 0 Å². The normalized spacial score (nSPS) is 11.9. The fourth-order valence-corrected chi connectivity index (χ4v) is 1.69. The summed E-state index contributed by atoms with van der Waals surface area (Å²) in [5, 5.41) is 6.95. The predicted octanol–water partition coefficient (Wildman–Crippen LogP) is -0.406. The summed E-state index contributed by atoms with van der Waals surface area (Å²) in [7, 11) is -3.21. The highest BCUT2D eigenvalue weighted by atomic mass is 32.2. The predicted molar refractivity (Wildman–Crippen MR) is 48.6 cm³/mol. The first-order valence-electron chi connectivity index (χ1n) is 3.66. The number of sulfonamides is 1. The van der Waals surface area contributed by atoms with E-state index in [9.17, 15) is 8.42 Å². The minimum Gasteiger partial charge on any atom is -0.387 e. The molecule has 0 aliphatic heterocycles. The first-order chi connectivity index (χ1) is 5.38. The molecular formula is C6H15N3O2S. The lowest BCUT2D eigenvalue weighted by atomic mass is 10.4. The van der Waals surface area contributed by atoms with Crippen molar-refractivity contribution in [3.63, 3.8) is 0 Å². The molecule has 0 bridgehead atoms. The van der Waals surface area contributed by atoms with Crippen molar-refractivity contribution in [2.24, 2.45) is 5.73 Å². The van der Waals surface area contributed by atoms with Crippen LogP contribution >= 0.6 is 0 Å². The Bertz CT molecular complexity index is 248. The van der Waals surface area contributed by atoms with Gasteiger partial charge in [-0.1, -0.05) is 6.92 Å². The maximum absolute atomic E-state index is 11.0. The van der Waals surface area contributed by atoms with Gasteiger partial charge in [-0.3, -0.25) is 5.41 Å². The number of rotatable bonds is 5. The van der Waals surface area contributed by atoms with Gasteiger partial charge >= 0.3 is 0 Å². The van der Waals surface area contributed by atoms with E-state index in [1.165, 1.54) is 4.31 Å². The van der Waals surface area contributed by atoms with Crippen LogP contribution in [0.3, 0.4) is 0 Å². The molecule has 0 saturated carbocycles. The van der Waals surface area contributed by atoms with Crippen LogP contribution in [0, 0.1) is 5.41 Å². The Labute approximate surface area is 73.1 Å². The maximum atomic E-state index is 11.0. The lowest BCUT2D eigenvalue weighted by Crippen LogP contribution is -2.37. The van der Waals surface area contributed by atoms with Gasteiger partial charge in [-0.2, -0.15) is 4.31 Å². The zero-order valence-corrected chi connectivity index (χ0v) is 8.19. The number of nitrogens with one attached hydrogen (secondary N) is 1. The Morgan fingerprint density at radius 3 is 2.33 bits per heavy atom. The molecule has 5 nitrogen and oxygen atoms in total. The quantitative estimate of drug-likeness (QED) is 0.460. The molecule has 3 N–H and O–H groups in total. The number of nitrogens with two attached hydrogens (primary N) is 1. The fraction of sp³-hybridized carbons (Fsp3) is 0.833. The molecule has 0 aliphatic carbocycles. The van der Waals surface area contributed by atoms with Crippen molar-refractivity contribution in [3.8, 4) is 0 Å². The van der Waals surface area contributed by atoms with Crippen LogP contribution < -0.4 is 5.73 Å². The van der Waals surface area contributed by atoms with Gasteiger partial charge in [0.15, 0.2) is 0 Å². The molecule has 0 aromatic carbocycles. The van der Waals surface area contributed by atoms with E-state index in [0.29, 0.717) is 6.54 Å². The lowest BCUT2D eigenvalue weighted by molar-refractivity contribution is 0.452. The van der Waals surface area contributed by atoms with Crippen LogP contribution in [0.25, 0.3) is 0 Å². The molecule has 0 heterocycles.